The minimum atomic E-state index is 0.257. The second kappa shape index (κ2) is 6.20. The maximum absolute atomic E-state index is 12.2. The quantitative estimate of drug-likeness (QED) is 0.831. The van der Waals surface area contributed by atoms with Gasteiger partial charge >= 0.3 is 0 Å². The van der Waals surface area contributed by atoms with E-state index >= 15 is 0 Å². The number of rotatable bonds is 3. The molecule has 0 aromatic heterocycles. The van der Waals surface area contributed by atoms with Gasteiger partial charge in [-0.2, -0.15) is 0 Å². The molecule has 1 heterocycles. The van der Waals surface area contributed by atoms with Gasteiger partial charge in [0, 0.05) is 32.2 Å². The Morgan fingerprint density at radius 1 is 1.11 bits per heavy atom. The zero-order valence-electron chi connectivity index (χ0n) is 12.2. The van der Waals surface area contributed by atoms with Crippen molar-refractivity contribution in [3.63, 3.8) is 0 Å². The number of carbonyl (C=O) groups excluding carboxylic acids is 1. The fourth-order valence-corrected chi connectivity index (χ4v) is 2.48. The second-order valence-electron chi connectivity index (χ2n) is 5.67. The largest absolute Gasteiger partial charge is 0.340 e. The molecule has 3 nitrogen and oxygen atoms in total. The third-order valence-corrected chi connectivity index (χ3v) is 3.87. The molecule has 0 saturated carbocycles. The Morgan fingerprint density at radius 3 is 2.21 bits per heavy atom. The maximum atomic E-state index is 12.2. The maximum Gasteiger partial charge on any atom is 0.227 e. The van der Waals surface area contributed by atoms with Crippen LogP contribution in [-0.4, -0.2) is 47.9 Å². The summed E-state index contributed by atoms with van der Waals surface area (Å²) in [5.41, 5.74) is 2.35. The summed E-state index contributed by atoms with van der Waals surface area (Å²) in [4.78, 5) is 16.7. The molecule has 3 heteroatoms. The van der Waals surface area contributed by atoms with Crippen LogP contribution in [0.5, 0.6) is 0 Å². The molecule has 1 aromatic carbocycles. The van der Waals surface area contributed by atoms with Crippen LogP contribution in [0.25, 0.3) is 0 Å². The number of nitrogens with zero attached hydrogens (tertiary/aromatic N) is 2. The first-order chi connectivity index (χ1) is 9.06. The normalized spacial score (nSPS) is 16.9. The highest BCUT2D eigenvalue weighted by Gasteiger charge is 2.22. The molecule has 1 aliphatic heterocycles. The first kappa shape index (κ1) is 14.1. The van der Waals surface area contributed by atoms with Crippen molar-refractivity contribution >= 4 is 5.91 Å². The molecule has 0 unspecified atom stereocenters. The van der Waals surface area contributed by atoms with Crippen molar-refractivity contribution in [1.82, 2.24) is 9.80 Å². The molecule has 1 saturated heterocycles. The van der Waals surface area contributed by atoms with Gasteiger partial charge in [0.05, 0.1) is 6.42 Å². The van der Waals surface area contributed by atoms with Crippen LogP contribution in [0.1, 0.15) is 25.0 Å². The standard InChI is InChI=1S/C16H24N2O/c1-13(2)17-8-10-18(11-9-17)16(19)12-15-6-4-14(3)5-7-15/h4-7,13H,8-12H2,1-3H3. The topological polar surface area (TPSA) is 23.6 Å². The number of piperazine rings is 1. The number of hydrogen-bond donors (Lipinski definition) is 0. The summed E-state index contributed by atoms with van der Waals surface area (Å²) in [5.74, 6) is 0.257. The van der Waals surface area contributed by atoms with Gasteiger partial charge in [-0.15, -0.1) is 0 Å². The predicted molar refractivity (Wildman–Crippen MR) is 78.2 cm³/mol. The van der Waals surface area contributed by atoms with Gasteiger partial charge in [0.1, 0.15) is 0 Å². The number of benzene rings is 1. The van der Waals surface area contributed by atoms with Crippen molar-refractivity contribution in [2.45, 2.75) is 33.2 Å². The molecule has 2 rings (SSSR count). The third kappa shape index (κ3) is 3.80. The van der Waals surface area contributed by atoms with Crippen LogP contribution in [0.2, 0.25) is 0 Å². The second-order valence-corrected chi connectivity index (χ2v) is 5.67. The minimum Gasteiger partial charge on any atom is -0.340 e. The summed E-state index contributed by atoms with van der Waals surface area (Å²) in [6, 6.07) is 8.82. The lowest BCUT2D eigenvalue weighted by Crippen LogP contribution is -2.51. The fraction of sp³-hybridized carbons (Fsp3) is 0.562. The van der Waals surface area contributed by atoms with Gasteiger partial charge in [-0.3, -0.25) is 9.69 Å². The van der Waals surface area contributed by atoms with E-state index in [-0.39, 0.29) is 5.91 Å². The van der Waals surface area contributed by atoms with E-state index in [9.17, 15) is 4.79 Å². The summed E-state index contributed by atoms with van der Waals surface area (Å²) >= 11 is 0. The van der Waals surface area contributed by atoms with Crippen LogP contribution in [0.15, 0.2) is 24.3 Å². The van der Waals surface area contributed by atoms with Crippen molar-refractivity contribution in [1.29, 1.82) is 0 Å². The summed E-state index contributed by atoms with van der Waals surface area (Å²) in [5, 5.41) is 0. The van der Waals surface area contributed by atoms with Gasteiger partial charge in [-0.1, -0.05) is 29.8 Å². The van der Waals surface area contributed by atoms with Gasteiger partial charge in [-0.25, -0.2) is 0 Å². The first-order valence-electron chi connectivity index (χ1n) is 7.13. The van der Waals surface area contributed by atoms with Crippen LogP contribution >= 0.6 is 0 Å². The van der Waals surface area contributed by atoms with Gasteiger partial charge in [0.15, 0.2) is 0 Å². The Bertz CT molecular complexity index is 417. The minimum absolute atomic E-state index is 0.257. The van der Waals surface area contributed by atoms with Gasteiger partial charge in [0.2, 0.25) is 5.91 Å². The number of aryl methyl sites for hydroxylation is 1. The molecule has 0 N–H and O–H groups in total. The Morgan fingerprint density at radius 2 is 1.68 bits per heavy atom. The van der Waals surface area contributed by atoms with Gasteiger partial charge in [0.25, 0.3) is 0 Å². The molecule has 1 aliphatic rings. The number of amides is 1. The highest BCUT2D eigenvalue weighted by atomic mass is 16.2. The number of hydrogen-bond acceptors (Lipinski definition) is 2. The third-order valence-electron chi connectivity index (χ3n) is 3.87. The summed E-state index contributed by atoms with van der Waals surface area (Å²) in [6.07, 6.45) is 0.530. The molecule has 1 fully saturated rings. The smallest absolute Gasteiger partial charge is 0.227 e. The van der Waals surface area contributed by atoms with Crippen molar-refractivity contribution in [3.05, 3.63) is 35.4 Å². The van der Waals surface area contributed by atoms with Crippen LogP contribution in [0.3, 0.4) is 0 Å². The van der Waals surface area contributed by atoms with Crippen molar-refractivity contribution < 1.29 is 4.79 Å². The van der Waals surface area contributed by atoms with E-state index in [1.54, 1.807) is 0 Å². The SMILES string of the molecule is Cc1ccc(CC(=O)N2CCN(C(C)C)CC2)cc1. The van der Waals surface area contributed by atoms with E-state index in [4.69, 9.17) is 0 Å². The lowest BCUT2D eigenvalue weighted by Gasteiger charge is -2.37. The Labute approximate surface area is 116 Å². The molecule has 104 valence electrons. The first-order valence-corrected chi connectivity index (χ1v) is 7.13. The van der Waals surface area contributed by atoms with E-state index in [0.29, 0.717) is 12.5 Å². The molecular formula is C16H24N2O. The van der Waals surface area contributed by atoms with Gasteiger partial charge < -0.3 is 4.90 Å². The van der Waals surface area contributed by atoms with E-state index in [0.717, 1.165) is 31.7 Å². The van der Waals surface area contributed by atoms with E-state index < -0.39 is 0 Å². The summed E-state index contributed by atoms with van der Waals surface area (Å²) in [7, 11) is 0. The number of carbonyl (C=O) groups is 1. The highest BCUT2D eigenvalue weighted by molar-refractivity contribution is 5.78. The Hall–Kier alpha value is -1.35. The van der Waals surface area contributed by atoms with Crippen LogP contribution < -0.4 is 0 Å². The van der Waals surface area contributed by atoms with Crippen LogP contribution in [0, 0.1) is 6.92 Å². The lowest BCUT2D eigenvalue weighted by atomic mass is 10.1. The summed E-state index contributed by atoms with van der Waals surface area (Å²) < 4.78 is 0. The average Bonchev–Trinajstić information content (AvgIpc) is 2.41. The van der Waals surface area contributed by atoms with Crippen molar-refractivity contribution in [2.75, 3.05) is 26.2 Å². The van der Waals surface area contributed by atoms with Crippen LogP contribution in [-0.2, 0) is 11.2 Å². The van der Waals surface area contributed by atoms with E-state index in [1.807, 2.05) is 4.90 Å². The average molecular weight is 260 g/mol. The van der Waals surface area contributed by atoms with Gasteiger partial charge in [-0.05, 0) is 26.3 Å². The van der Waals surface area contributed by atoms with E-state index in [2.05, 4.69) is 49.9 Å². The molecule has 0 atom stereocenters. The van der Waals surface area contributed by atoms with Crippen molar-refractivity contribution in [3.8, 4) is 0 Å². The highest BCUT2D eigenvalue weighted by Crippen LogP contribution is 2.09. The molecule has 1 aromatic rings. The molecule has 0 aliphatic carbocycles. The zero-order chi connectivity index (χ0) is 13.8. The predicted octanol–water partition coefficient (Wildman–Crippen LogP) is 2.09. The van der Waals surface area contributed by atoms with Crippen LogP contribution in [0.4, 0.5) is 0 Å². The monoisotopic (exact) mass is 260 g/mol. The molecule has 0 spiro atoms. The molecule has 0 bridgehead atoms. The van der Waals surface area contributed by atoms with E-state index in [1.165, 1.54) is 5.56 Å². The lowest BCUT2D eigenvalue weighted by molar-refractivity contribution is -0.132. The molecular weight excluding hydrogens is 236 g/mol. The Balaban J connectivity index is 1.86. The molecule has 19 heavy (non-hydrogen) atoms. The van der Waals surface area contributed by atoms with Crippen molar-refractivity contribution in [2.24, 2.45) is 0 Å². The molecule has 1 amide bonds. The molecule has 0 radical (unpaired) electrons. The fourth-order valence-electron chi connectivity index (χ4n) is 2.48. The summed E-state index contributed by atoms with van der Waals surface area (Å²) in [6.45, 7) is 10.2. The zero-order valence-corrected chi connectivity index (χ0v) is 12.2. The Kier molecular flexibility index (Phi) is 4.59.